The van der Waals surface area contributed by atoms with Crippen molar-refractivity contribution in [2.45, 2.75) is 39.2 Å². The molecule has 2 aliphatic rings. The predicted octanol–water partition coefficient (Wildman–Crippen LogP) is 2.36. The number of nitrogens with two attached hydrogens (primary N) is 1. The summed E-state index contributed by atoms with van der Waals surface area (Å²) in [5, 5.41) is 0. The van der Waals surface area contributed by atoms with Crippen LogP contribution in [-0.4, -0.2) is 12.7 Å². The van der Waals surface area contributed by atoms with Crippen molar-refractivity contribution in [1.82, 2.24) is 0 Å². The Balaban J connectivity index is 2.16. The maximum absolute atomic E-state index is 5.89. The summed E-state index contributed by atoms with van der Waals surface area (Å²) in [5.41, 5.74) is 9.54. The van der Waals surface area contributed by atoms with Gasteiger partial charge in [-0.25, -0.2) is 0 Å². The summed E-state index contributed by atoms with van der Waals surface area (Å²) >= 11 is 0. The van der Waals surface area contributed by atoms with Crippen molar-refractivity contribution in [3.8, 4) is 0 Å². The Labute approximate surface area is 85.8 Å². The van der Waals surface area contributed by atoms with Gasteiger partial charge in [0.2, 0.25) is 0 Å². The topological polar surface area (TPSA) is 35.2 Å². The third kappa shape index (κ3) is 1.59. The Morgan fingerprint density at radius 3 is 2.86 bits per heavy atom. The van der Waals surface area contributed by atoms with Crippen molar-refractivity contribution in [1.29, 1.82) is 0 Å². The summed E-state index contributed by atoms with van der Waals surface area (Å²) < 4.78 is 5.74. The minimum absolute atomic E-state index is 0.439. The maximum atomic E-state index is 5.89. The number of allylic oxidation sites excluding steroid dienone is 2. The zero-order valence-corrected chi connectivity index (χ0v) is 9.05. The van der Waals surface area contributed by atoms with Gasteiger partial charge >= 0.3 is 0 Å². The number of hydrogen-bond donors (Lipinski definition) is 1. The first-order valence-corrected chi connectivity index (χ1v) is 5.45. The van der Waals surface area contributed by atoms with E-state index in [2.05, 4.69) is 19.9 Å². The molecule has 0 saturated carbocycles. The molecule has 1 fully saturated rings. The summed E-state index contributed by atoms with van der Waals surface area (Å²) in [7, 11) is 0. The molecule has 1 saturated heterocycles. The number of ether oxygens (including phenoxy) is 1. The van der Waals surface area contributed by atoms with Gasteiger partial charge in [-0.05, 0) is 38.7 Å². The quantitative estimate of drug-likeness (QED) is 0.694. The number of rotatable bonds is 1. The lowest BCUT2D eigenvalue weighted by Crippen LogP contribution is -2.24. The molecule has 2 N–H and O–H groups in total. The Hall–Kier alpha value is -0.760. The largest absolute Gasteiger partial charge is 0.399 e. The molecule has 0 spiro atoms. The summed E-state index contributed by atoms with van der Waals surface area (Å²) in [6.45, 7) is 5.25. The van der Waals surface area contributed by atoms with Gasteiger partial charge in [0.25, 0.3) is 0 Å². The first-order chi connectivity index (χ1) is 6.70. The molecule has 0 radical (unpaired) electrons. The second-order valence-electron chi connectivity index (χ2n) is 4.36. The average molecular weight is 193 g/mol. The molecule has 2 heteroatoms. The van der Waals surface area contributed by atoms with Crippen molar-refractivity contribution in [3.05, 3.63) is 22.9 Å². The lowest BCUT2D eigenvalue weighted by atomic mass is 9.82. The molecule has 1 aliphatic heterocycles. The summed E-state index contributed by atoms with van der Waals surface area (Å²) in [6, 6.07) is 0. The maximum Gasteiger partial charge on any atom is 0.0644 e. The van der Waals surface area contributed by atoms with Gasteiger partial charge in [0.1, 0.15) is 0 Å². The van der Waals surface area contributed by atoms with Gasteiger partial charge in [0.15, 0.2) is 0 Å². The summed E-state index contributed by atoms with van der Waals surface area (Å²) in [4.78, 5) is 0. The van der Waals surface area contributed by atoms with E-state index in [1.54, 1.807) is 0 Å². The summed E-state index contributed by atoms with van der Waals surface area (Å²) in [5.74, 6) is 0.574. The van der Waals surface area contributed by atoms with Crippen LogP contribution >= 0.6 is 0 Å². The van der Waals surface area contributed by atoms with Crippen LogP contribution in [-0.2, 0) is 4.74 Å². The lowest BCUT2D eigenvalue weighted by molar-refractivity contribution is 0.0753. The Bertz CT molecular complexity index is 285. The highest BCUT2D eigenvalue weighted by molar-refractivity contribution is 5.36. The van der Waals surface area contributed by atoms with Gasteiger partial charge < -0.3 is 10.5 Å². The average Bonchev–Trinajstić information content (AvgIpc) is 2.67. The molecule has 2 atom stereocenters. The van der Waals surface area contributed by atoms with Gasteiger partial charge in [0, 0.05) is 18.2 Å². The SMILES string of the molecule is CC1=C(C)C(C2CCCO2)CC=C1N. The van der Waals surface area contributed by atoms with Gasteiger partial charge in [-0.1, -0.05) is 11.6 Å². The molecule has 0 aromatic heterocycles. The molecule has 0 aromatic rings. The third-order valence-electron chi connectivity index (χ3n) is 3.59. The molecule has 0 amide bonds. The Kier molecular flexibility index (Phi) is 2.64. The van der Waals surface area contributed by atoms with Crippen LogP contribution in [0.25, 0.3) is 0 Å². The first kappa shape index (κ1) is 9.78. The molecule has 0 aromatic carbocycles. The van der Waals surface area contributed by atoms with Crippen LogP contribution in [0.4, 0.5) is 0 Å². The fraction of sp³-hybridized carbons (Fsp3) is 0.667. The van der Waals surface area contributed by atoms with Crippen molar-refractivity contribution in [2.75, 3.05) is 6.61 Å². The highest BCUT2D eigenvalue weighted by Crippen LogP contribution is 2.34. The molecule has 0 bridgehead atoms. The van der Waals surface area contributed by atoms with Crippen molar-refractivity contribution < 1.29 is 4.74 Å². The first-order valence-electron chi connectivity index (χ1n) is 5.45. The minimum atomic E-state index is 0.439. The van der Waals surface area contributed by atoms with E-state index < -0.39 is 0 Å². The molecule has 2 unspecified atom stereocenters. The second-order valence-corrected chi connectivity index (χ2v) is 4.36. The van der Waals surface area contributed by atoms with Crippen molar-refractivity contribution in [3.63, 3.8) is 0 Å². The van der Waals surface area contributed by atoms with Crippen LogP contribution in [0.2, 0.25) is 0 Å². The Morgan fingerprint density at radius 1 is 1.43 bits per heavy atom. The van der Waals surface area contributed by atoms with E-state index in [9.17, 15) is 0 Å². The minimum Gasteiger partial charge on any atom is -0.399 e. The highest BCUT2D eigenvalue weighted by atomic mass is 16.5. The molecule has 1 aliphatic carbocycles. The van der Waals surface area contributed by atoms with Crippen LogP contribution in [0, 0.1) is 5.92 Å². The van der Waals surface area contributed by atoms with E-state index in [0.29, 0.717) is 12.0 Å². The van der Waals surface area contributed by atoms with Gasteiger partial charge in [0.05, 0.1) is 6.10 Å². The van der Waals surface area contributed by atoms with E-state index in [4.69, 9.17) is 10.5 Å². The standard InChI is InChI=1S/C12H19NO/c1-8-9(2)11(13)6-5-10(8)12-4-3-7-14-12/h6,10,12H,3-5,7,13H2,1-2H3. The second kappa shape index (κ2) is 3.77. The third-order valence-corrected chi connectivity index (χ3v) is 3.59. The van der Waals surface area contributed by atoms with Crippen molar-refractivity contribution in [2.24, 2.45) is 11.7 Å². The molecule has 14 heavy (non-hydrogen) atoms. The summed E-state index contributed by atoms with van der Waals surface area (Å²) in [6.07, 6.45) is 6.07. The van der Waals surface area contributed by atoms with E-state index in [1.807, 2.05) is 0 Å². The van der Waals surface area contributed by atoms with Crippen LogP contribution in [0.3, 0.4) is 0 Å². The molecule has 2 rings (SSSR count). The van der Waals surface area contributed by atoms with Crippen LogP contribution in [0.15, 0.2) is 22.9 Å². The van der Waals surface area contributed by atoms with E-state index >= 15 is 0 Å². The van der Waals surface area contributed by atoms with E-state index in [-0.39, 0.29) is 0 Å². The van der Waals surface area contributed by atoms with Crippen LogP contribution in [0.5, 0.6) is 0 Å². The zero-order chi connectivity index (χ0) is 10.1. The van der Waals surface area contributed by atoms with E-state index in [1.165, 1.54) is 24.0 Å². The fourth-order valence-electron chi connectivity index (χ4n) is 2.44. The number of hydrogen-bond acceptors (Lipinski definition) is 2. The van der Waals surface area contributed by atoms with Crippen LogP contribution in [0.1, 0.15) is 33.1 Å². The van der Waals surface area contributed by atoms with Gasteiger partial charge in [-0.2, -0.15) is 0 Å². The predicted molar refractivity (Wildman–Crippen MR) is 57.7 cm³/mol. The van der Waals surface area contributed by atoms with Crippen LogP contribution < -0.4 is 5.73 Å². The van der Waals surface area contributed by atoms with Crippen molar-refractivity contribution >= 4 is 0 Å². The monoisotopic (exact) mass is 193 g/mol. The zero-order valence-electron chi connectivity index (χ0n) is 9.05. The smallest absolute Gasteiger partial charge is 0.0644 e. The molecular formula is C12H19NO. The normalized spacial score (nSPS) is 33.4. The Morgan fingerprint density at radius 2 is 2.21 bits per heavy atom. The van der Waals surface area contributed by atoms with E-state index in [0.717, 1.165) is 18.7 Å². The highest BCUT2D eigenvalue weighted by Gasteiger charge is 2.29. The van der Waals surface area contributed by atoms with Gasteiger partial charge in [-0.3, -0.25) is 0 Å². The molecule has 1 heterocycles. The molecular weight excluding hydrogens is 174 g/mol. The fourth-order valence-corrected chi connectivity index (χ4v) is 2.44. The molecule has 78 valence electrons. The molecule has 2 nitrogen and oxygen atoms in total. The lowest BCUT2D eigenvalue weighted by Gasteiger charge is -2.28. The van der Waals surface area contributed by atoms with Gasteiger partial charge in [-0.15, -0.1) is 0 Å².